The number of nitrogens with one attached hydrogen (secondary N) is 1. The Kier molecular flexibility index (Phi) is 4.34. The SMILES string of the molecule is O=C(Nc1c(F)cccc1Oc1ccccc1)[C@@H]1CCOC1. The van der Waals surface area contributed by atoms with E-state index in [9.17, 15) is 9.18 Å². The molecule has 4 nitrogen and oxygen atoms in total. The lowest BCUT2D eigenvalue weighted by atomic mass is 10.1. The summed E-state index contributed by atoms with van der Waals surface area (Å²) >= 11 is 0. The molecule has 22 heavy (non-hydrogen) atoms. The van der Waals surface area contributed by atoms with Crippen molar-refractivity contribution in [3.8, 4) is 11.5 Å². The number of ether oxygens (including phenoxy) is 2. The monoisotopic (exact) mass is 301 g/mol. The summed E-state index contributed by atoms with van der Waals surface area (Å²) in [6, 6.07) is 13.5. The van der Waals surface area contributed by atoms with Gasteiger partial charge in [-0.25, -0.2) is 4.39 Å². The van der Waals surface area contributed by atoms with E-state index in [4.69, 9.17) is 9.47 Å². The van der Waals surface area contributed by atoms with E-state index in [1.165, 1.54) is 6.07 Å². The fourth-order valence-electron chi connectivity index (χ4n) is 2.29. The predicted molar refractivity (Wildman–Crippen MR) is 80.5 cm³/mol. The zero-order chi connectivity index (χ0) is 15.4. The molecule has 0 bridgehead atoms. The van der Waals surface area contributed by atoms with Crippen LogP contribution in [0.1, 0.15) is 6.42 Å². The minimum atomic E-state index is -0.527. The number of halogens is 1. The Morgan fingerprint density at radius 1 is 1.18 bits per heavy atom. The first-order chi connectivity index (χ1) is 10.7. The molecule has 1 atom stereocenters. The third-order valence-corrected chi connectivity index (χ3v) is 3.50. The number of para-hydroxylation sites is 2. The van der Waals surface area contributed by atoms with Crippen molar-refractivity contribution in [2.45, 2.75) is 6.42 Å². The van der Waals surface area contributed by atoms with E-state index in [1.807, 2.05) is 18.2 Å². The highest BCUT2D eigenvalue weighted by atomic mass is 19.1. The number of hydrogen-bond donors (Lipinski definition) is 1. The zero-order valence-electron chi connectivity index (χ0n) is 11.9. The summed E-state index contributed by atoms with van der Waals surface area (Å²) in [6.45, 7) is 0.928. The van der Waals surface area contributed by atoms with E-state index in [2.05, 4.69) is 5.32 Å². The molecule has 0 aromatic heterocycles. The highest BCUT2D eigenvalue weighted by molar-refractivity contribution is 5.94. The topological polar surface area (TPSA) is 47.6 Å². The molecule has 0 radical (unpaired) electrons. The van der Waals surface area contributed by atoms with Crippen molar-refractivity contribution in [3.05, 3.63) is 54.3 Å². The first-order valence-corrected chi connectivity index (χ1v) is 7.14. The van der Waals surface area contributed by atoms with Gasteiger partial charge in [-0.1, -0.05) is 24.3 Å². The molecule has 0 aliphatic carbocycles. The first-order valence-electron chi connectivity index (χ1n) is 7.14. The molecule has 1 amide bonds. The van der Waals surface area contributed by atoms with Gasteiger partial charge in [-0.05, 0) is 30.7 Å². The third kappa shape index (κ3) is 3.26. The molecule has 2 aromatic carbocycles. The fourth-order valence-corrected chi connectivity index (χ4v) is 2.29. The number of amides is 1. The van der Waals surface area contributed by atoms with Crippen molar-refractivity contribution < 1.29 is 18.7 Å². The number of benzene rings is 2. The maximum absolute atomic E-state index is 14.1. The van der Waals surface area contributed by atoms with Gasteiger partial charge in [0.15, 0.2) is 11.6 Å². The maximum atomic E-state index is 14.1. The second-order valence-electron chi connectivity index (χ2n) is 5.08. The Balaban J connectivity index is 1.81. The van der Waals surface area contributed by atoms with Gasteiger partial charge in [-0.2, -0.15) is 0 Å². The molecule has 0 unspecified atom stereocenters. The van der Waals surface area contributed by atoms with Crippen LogP contribution < -0.4 is 10.1 Å². The molecular weight excluding hydrogens is 285 g/mol. The van der Waals surface area contributed by atoms with Crippen LogP contribution in [0.3, 0.4) is 0 Å². The lowest BCUT2D eigenvalue weighted by molar-refractivity contribution is -0.119. The van der Waals surface area contributed by atoms with Gasteiger partial charge in [-0.15, -0.1) is 0 Å². The van der Waals surface area contributed by atoms with E-state index >= 15 is 0 Å². The van der Waals surface area contributed by atoms with Crippen LogP contribution in [0.5, 0.6) is 11.5 Å². The summed E-state index contributed by atoms with van der Waals surface area (Å²) < 4.78 is 24.9. The van der Waals surface area contributed by atoms with Gasteiger partial charge in [0.1, 0.15) is 11.4 Å². The number of anilines is 1. The van der Waals surface area contributed by atoms with Crippen LogP contribution in [0, 0.1) is 11.7 Å². The van der Waals surface area contributed by atoms with Crippen molar-refractivity contribution >= 4 is 11.6 Å². The average molecular weight is 301 g/mol. The molecule has 2 aromatic rings. The molecule has 0 spiro atoms. The van der Waals surface area contributed by atoms with Gasteiger partial charge >= 0.3 is 0 Å². The second-order valence-corrected chi connectivity index (χ2v) is 5.08. The standard InChI is InChI=1S/C17H16FNO3/c18-14-7-4-8-15(22-13-5-2-1-3-6-13)16(14)19-17(20)12-9-10-21-11-12/h1-8,12H,9-11H2,(H,19,20)/t12-/m1/s1. The molecular formula is C17H16FNO3. The summed E-state index contributed by atoms with van der Waals surface area (Å²) in [4.78, 5) is 12.2. The number of carbonyl (C=O) groups is 1. The van der Waals surface area contributed by atoms with Crippen molar-refractivity contribution in [1.29, 1.82) is 0 Å². The second kappa shape index (κ2) is 6.58. The molecule has 1 heterocycles. The molecule has 0 saturated carbocycles. The van der Waals surface area contributed by atoms with Crippen LogP contribution in [-0.2, 0) is 9.53 Å². The van der Waals surface area contributed by atoms with Gasteiger partial charge in [0.05, 0.1) is 12.5 Å². The Hall–Kier alpha value is -2.40. The minimum absolute atomic E-state index is 0.0586. The molecule has 1 aliphatic heterocycles. The van der Waals surface area contributed by atoms with Gasteiger partial charge in [0.25, 0.3) is 0 Å². The predicted octanol–water partition coefficient (Wildman–Crippen LogP) is 3.59. The summed E-state index contributed by atoms with van der Waals surface area (Å²) in [5.74, 6) is -0.170. The van der Waals surface area contributed by atoms with Crippen LogP contribution in [0.4, 0.5) is 10.1 Å². The third-order valence-electron chi connectivity index (χ3n) is 3.50. The number of rotatable bonds is 4. The Bertz CT molecular complexity index is 654. The summed E-state index contributed by atoms with van der Waals surface area (Å²) in [5, 5.41) is 2.62. The summed E-state index contributed by atoms with van der Waals surface area (Å²) in [7, 11) is 0. The van der Waals surface area contributed by atoms with Crippen LogP contribution in [0.25, 0.3) is 0 Å². The lowest BCUT2D eigenvalue weighted by Gasteiger charge is -2.14. The normalized spacial score (nSPS) is 17.2. The molecule has 5 heteroatoms. The lowest BCUT2D eigenvalue weighted by Crippen LogP contribution is -2.23. The Labute approximate surface area is 127 Å². The largest absolute Gasteiger partial charge is 0.455 e. The highest BCUT2D eigenvalue weighted by Crippen LogP contribution is 2.32. The van der Waals surface area contributed by atoms with Crippen LogP contribution in [0.2, 0.25) is 0 Å². The van der Waals surface area contributed by atoms with Crippen LogP contribution in [-0.4, -0.2) is 19.1 Å². The van der Waals surface area contributed by atoms with E-state index in [1.54, 1.807) is 24.3 Å². The molecule has 1 saturated heterocycles. The Morgan fingerprint density at radius 2 is 2.00 bits per heavy atom. The summed E-state index contributed by atoms with van der Waals surface area (Å²) in [6.07, 6.45) is 0.648. The summed E-state index contributed by atoms with van der Waals surface area (Å²) in [5.41, 5.74) is 0.0586. The molecule has 1 aliphatic rings. The first kappa shape index (κ1) is 14.5. The van der Waals surface area contributed by atoms with Crippen LogP contribution in [0.15, 0.2) is 48.5 Å². The number of carbonyl (C=O) groups excluding carboxylic acids is 1. The van der Waals surface area contributed by atoms with E-state index in [-0.39, 0.29) is 23.3 Å². The smallest absolute Gasteiger partial charge is 0.230 e. The van der Waals surface area contributed by atoms with Gasteiger partial charge in [0.2, 0.25) is 5.91 Å². The zero-order valence-corrected chi connectivity index (χ0v) is 11.9. The molecule has 1 N–H and O–H groups in total. The fraction of sp³-hybridized carbons (Fsp3) is 0.235. The van der Waals surface area contributed by atoms with E-state index < -0.39 is 5.82 Å². The molecule has 114 valence electrons. The highest BCUT2D eigenvalue weighted by Gasteiger charge is 2.25. The number of hydrogen-bond acceptors (Lipinski definition) is 3. The maximum Gasteiger partial charge on any atom is 0.230 e. The van der Waals surface area contributed by atoms with Crippen molar-refractivity contribution in [2.24, 2.45) is 5.92 Å². The van der Waals surface area contributed by atoms with E-state index in [0.717, 1.165) is 0 Å². The minimum Gasteiger partial charge on any atom is -0.455 e. The molecule has 3 rings (SSSR count). The van der Waals surface area contributed by atoms with E-state index in [0.29, 0.717) is 25.4 Å². The van der Waals surface area contributed by atoms with Crippen molar-refractivity contribution in [2.75, 3.05) is 18.5 Å². The van der Waals surface area contributed by atoms with Gasteiger partial charge < -0.3 is 14.8 Å². The average Bonchev–Trinajstić information content (AvgIpc) is 3.06. The van der Waals surface area contributed by atoms with Gasteiger partial charge in [0, 0.05) is 6.61 Å². The van der Waals surface area contributed by atoms with Crippen molar-refractivity contribution in [1.82, 2.24) is 0 Å². The van der Waals surface area contributed by atoms with Crippen molar-refractivity contribution in [3.63, 3.8) is 0 Å². The Morgan fingerprint density at radius 3 is 2.73 bits per heavy atom. The molecule has 1 fully saturated rings. The quantitative estimate of drug-likeness (QED) is 0.938. The van der Waals surface area contributed by atoms with Crippen LogP contribution >= 0.6 is 0 Å². The van der Waals surface area contributed by atoms with Gasteiger partial charge in [-0.3, -0.25) is 4.79 Å².